The third kappa shape index (κ3) is 4.67. The van der Waals surface area contributed by atoms with Gasteiger partial charge in [-0.3, -0.25) is 9.59 Å². The number of carboxylic acid groups (broad SMARTS) is 1. The maximum Gasteiger partial charge on any atom is 0.305 e. The fourth-order valence-corrected chi connectivity index (χ4v) is 4.84. The van der Waals surface area contributed by atoms with Crippen molar-refractivity contribution < 1.29 is 14.7 Å². The Morgan fingerprint density at radius 2 is 1.87 bits per heavy atom. The molecule has 0 radical (unpaired) electrons. The Hall–Kier alpha value is -2.65. The first-order chi connectivity index (χ1) is 14.8. The molecule has 2 aliphatic heterocycles. The number of rotatable bonds is 5. The smallest absolute Gasteiger partial charge is 0.305 e. The molecule has 160 valence electrons. The lowest BCUT2D eigenvalue weighted by molar-refractivity contribution is -0.138. The summed E-state index contributed by atoms with van der Waals surface area (Å²) in [4.78, 5) is 29.6. The summed E-state index contributed by atoms with van der Waals surface area (Å²) in [6.07, 6.45) is 0.399. The number of benzene rings is 2. The van der Waals surface area contributed by atoms with Gasteiger partial charge in [0.05, 0.1) is 18.2 Å². The van der Waals surface area contributed by atoms with Crippen LogP contribution in [-0.2, 0) is 9.59 Å². The summed E-state index contributed by atoms with van der Waals surface area (Å²) in [5, 5.41) is 15.4. The molecule has 31 heavy (non-hydrogen) atoms. The van der Waals surface area contributed by atoms with Crippen LogP contribution in [0.2, 0.25) is 0 Å². The number of nitrogens with zero attached hydrogens (tertiary/aromatic N) is 4. The second kappa shape index (κ2) is 8.84. The standard InChI is InChI=1S/C22H21BrN4O3S/c1-26(2)16-9-5-14(6-10-16)18-11-17(13-3-7-15(23)8-4-13)25-27(18)22-24-21(30)19(31-22)12-20(28)29/h3-10,18-19H,11-12H2,1-2H3,(H,28,29). The summed E-state index contributed by atoms with van der Waals surface area (Å²) in [6, 6.07) is 16.0. The molecule has 0 saturated heterocycles. The minimum Gasteiger partial charge on any atom is -0.481 e. The molecule has 4 rings (SSSR count). The van der Waals surface area contributed by atoms with Crippen molar-refractivity contribution >= 4 is 56.1 Å². The van der Waals surface area contributed by atoms with E-state index in [1.165, 1.54) is 11.8 Å². The Bertz CT molecular complexity index is 1070. The molecule has 2 unspecified atom stereocenters. The molecule has 2 heterocycles. The molecule has 0 aliphatic carbocycles. The largest absolute Gasteiger partial charge is 0.481 e. The van der Waals surface area contributed by atoms with Crippen LogP contribution in [0.1, 0.15) is 30.0 Å². The monoisotopic (exact) mass is 500 g/mol. The topological polar surface area (TPSA) is 85.6 Å². The molecule has 0 aromatic heterocycles. The highest BCUT2D eigenvalue weighted by molar-refractivity contribution is 9.10. The van der Waals surface area contributed by atoms with Crippen molar-refractivity contribution in [3.05, 3.63) is 64.1 Å². The second-order valence-corrected chi connectivity index (χ2v) is 9.63. The van der Waals surface area contributed by atoms with E-state index in [1.807, 2.05) is 55.4 Å². The van der Waals surface area contributed by atoms with Gasteiger partial charge in [0.15, 0.2) is 5.17 Å². The van der Waals surface area contributed by atoms with E-state index in [-0.39, 0.29) is 12.5 Å². The summed E-state index contributed by atoms with van der Waals surface area (Å²) in [6.45, 7) is 0. The van der Waals surface area contributed by atoms with E-state index in [4.69, 9.17) is 10.2 Å². The van der Waals surface area contributed by atoms with Crippen LogP contribution in [0.3, 0.4) is 0 Å². The Kier molecular flexibility index (Phi) is 6.15. The molecule has 9 heteroatoms. The highest BCUT2D eigenvalue weighted by Crippen LogP contribution is 2.39. The first-order valence-electron chi connectivity index (χ1n) is 9.73. The van der Waals surface area contributed by atoms with Crippen molar-refractivity contribution in [3.8, 4) is 0 Å². The Balaban J connectivity index is 1.66. The van der Waals surface area contributed by atoms with Gasteiger partial charge < -0.3 is 10.0 Å². The van der Waals surface area contributed by atoms with E-state index in [9.17, 15) is 9.59 Å². The Morgan fingerprint density at radius 1 is 1.19 bits per heavy atom. The summed E-state index contributed by atoms with van der Waals surface area (Å²) >= 11 is 4.63. The Labute approximate surface area is 193 Å². The second-order valence-electron chi connectivity index (χ2n) is 7.54. The van der Waals surface area contributed by atoms with E-state index in [1.54, 1.807) is 5.01 Å². The van der Waals surface area contributed by atoms with Crippen molar-refractivity contribution in [2.45, 2.75) is 24.1 Å². The van der Waals surface area contributed by atoms with Crippen LogP contribution in [0.5, 0.6) is 0 Å². The first-order valence-corrected chi connectivity index (χ1v) is 11.4. The van der Waals surface area contributed by atoms with E-state index in [2.05, 4.69) is 33.1 Å². The summed E-state index contributed by atoms with van der Waals surface area (Å²) in [7, 11) is 3.98. The van der Waals surface area contributed by atoms with E-state index < -0.39 is 17.1 Å². The average Bonchev–Trinajstić information content (AvgIpc) is 3.32. The molecule has 0 saturated carbocycles. The molecule has 2 aromatic rings. The maximum atomic E-state index is 12.3. The zero-order valence-electron chi connectivity index (χ0n) is 17.0. The minimum atomic E-state index is -1.02. The minimum absolute atomic E-state index is 0.127. The molecule has 7 nitrogen and oxygen atoms in total. The number of anilines is 1. The number of aliphatic imine (C=N–C) groups is 1. The van der Waals surface area contributed by atoms with Crippen LogP contribution >= 0.6 is 27.7 Å². The van der Waals surface area contributed by atoms with Crippen molar-refractivity contribution in [2.24, 2.45) is 10.1 Å². The van der Waals surface area contributed by atoms with Crippen LogP contribution in [0.15, 0.2) is 63.1 Å². The van der Waals surface area contributed by atoms with E-state index in [0.29, 0.717) is 11.6 Å². The van der Waals surface area contributed by atoms with Crippen LogP contribution in [0, 0.1) is 0 Å². The van der Waals surface area contributed by atoms with Gasteiger partial charge in [-0.2, -0.15) is 10.1 Å². The maximum absolute atomic E-state index is 12.3. The van der Waals surface area contributed by atoms with Gasteiger partial charge in [-0.25, -0.2) is 5.01 Å². The first kappa shape index (κ1) is 21.6. The molecule has 0 fully saturated rings. The van der Waals surface area contributed by atoms with E-state index >= 15 is 0 Å². The van der Waals surface area contributed by atoms with Crippen LogP contribution < -0.4 is 4.90 Å². The van der Waals surface area contributed by atoms with Crippen LogP contribution in [-0.4, -0.2) is 52.2 Å². The predicted octanol–water partition coefficient (Wildman–Crippen LogP) is 4.14. The number of carbonyl (C=O) groups is 2. The lowest BCUT2D eigenvalue weighted by atomic mass is 9.98. The Morgan fingerprint density at radius 3 is 2.48 bits per heavy atom. The average molecular weight is 501 g/mol. The number of hydrogen-bond donors (Lipinski definition) is 1. The van der Waals surface area contributed by atoms with Gasteiger partial charge in [0.1, 0.15) is 5.25 Å². The van der Waals surface area contributed by atoms with Gasteiger partial charge in [-0.1, -0.05) is 52.0 Å². The van der Waals surface area contributed by atoms with Crippen LogP contribution in [0.25, 0.3) is 0 Å². The van der Waals surface area contributed by atoms with Crippen molar-refractivity contribution in [2.75, 3.05) is 19.0 Å². The van der Waals surface area contributed by atoms with Gasteiger partial charge in [0.25, 0.3) is 5.91 Å². The number of amides is 1. The number of amidine groups is 1. The number of carbonyl (C=O) groups excluding carboxylic acids is 1. The fourth-order valence-electron chi connectivity index (χ4n) is 3.52. The van der Waals surface area contributed by atoms with Crippen molar-refractivity contribution in [3.63, 3.8) is 0 Å². The molecular weight excluding hydrogens is 480 g/mol. The predicted molar refractivity (Wildman–Crippen MR) is 127 cm³/mol. The molecule has 2 aliphatic rings. The number of thioether (sulfide) groups is 1. The third-order valence-corrected chi connectivity index (χ3v) is 6.84. The zero-order chi connectivity index (χ0) is 22.1. The highest BCUT2D eigenvalue weighted by atomic mass is 79.9. The van der Waals surface area contributed by atoms with Crippen LogP contribution in [0.4, 0.5) is 5.69 Å². The number of aliphatic carboxylic acids is 1. The number of halogens is 1. The fraction of sp³-hybridized carbons (Fsp3) is 0.273. The molecular formula is C22H21BrN4O3S. The number of hydrogen-bond acceptors (Lipinski definition) is 6. The molecule has 0 spiro atoms. The molecule has 1 amide bonds. The van der Waals surface area contributed by atoms with Gasteiger partial charge >= 0.3 is 5.97 Å². The third-order valence-electron chi connectivity index (χ3n) is 5.17. The van der Waals surface area contributed by atoms with Gasteiger partial charge in [-0.05, 0) is 35.4 Å². The number of carboxylic acids is 1. The molecule has 2 aromatic carbocycles. The molecule has 2 atom stereocenters. The highest BCUT2D eigenvalue weighted by Gasteiger charge is 2.39. The van der Waals surface area contributed by atoms with Gasteiger partial charge in [0, 0.05) is 30.7 Å². The summed E-state index contributed by atoms with van der Waals surface area (Å²) in [5.74, 6) is -1.44. The quantitative estimate of drug-likeness (QED) is 0.663. The SMILES string of the molecule is CN(C)c1ccc(C2CC(c3ccc(Br)cc3)=NN2C2=NC(=O)C(CC(=O)O)S2)cc1. The van der Waals surface area contributed by atoms with E-state index in [0.717, 1.165) is 27.0 Å². The summed E-state index contributed by atoms with van der Waals surface area (Å²) in [5.41, 5.74) is 4.04. The normalized spacial score (nSPS) is 20.6. The lowest BCUT2D eigenvalue weighted by Crippen LogP contribution is -2.24. The lowest BCUT2D eigenvalue weighted by Gasteiger charge is -2.23. The zero-order valence-corrected chi connectivity index (χ0v) is 19.4. The molecule has 1 N–H and O–H groups in total. The van der Waals surface area contributed by atoms with Crippen molar-refractivity contribution in [1.82, 2.24) is 5.01 Å². The van der Waals surface area contributed by atoms with Gasteiger partial charge in [0.2, 0.25) is 0 Å². The summed E-state index contributed by atoms with van der Waals surface area (Å²) < 4.78 is 0.986. The molecule has 0 bridgehead atoms. The van der Waals surface area contributed by atoms with Crippen molar-refractivity contribution in [1.29, 1.82) is 0 Å². The van der Waals surface area contributed by atoms with Gasteiger partial charge in [-0.15, -0.1) is 0 Å². The number of hydrazone groups is 1.